The van der Waals surface area contributed by atoms with Crippen molar-refractivity contribution in [2.45, 2.75) is 52.5 Å². The predicted molar refractivity (Wildman–Crippen MR) is 71.8 cm³/mol. The van der Waals surface area contributed by atoms with Crippen molar-refractivity contribution in [2.75, 3.05) is 6.54 Å². The van der Waals surface area contributed by atoms with Gasteiger partial charge in [-0.2, -0.15) is 0 Å². The Balaban J connectivity index is 2.16. The quantitative estimate of drug-likeness (QED) is 0.710. The van der Waals surface area contributed by atoms with Gasteiger partial charge in [0.25, 0.3) is 0 Å². The van der Waals surface area contributed by atoms with Crippen molar-refractivity contribution in [1.82, 2.24) is 5.32 Å². The van der Waals surface area contributed by atoms with Gasteiger partial charge in [-0.1, -0.05) is 32.4 Å². The van der Waals surface area contributed by atoms with E-state index in [-0.39, 0.29) is 5.82 Å². The molecule has 0 aromatic heterocycles. The van der Waals surface area contributed by atoms with Gasteiger partial charge < -0.3 is 5.32 Å². The smallest absolute Gasteiger partial charge is 0.126 e. The molecule has 0 saturated heterocycles. The summed E-state index contributed by atoms with van der Waals surface area (Å²) in [6, 6.07) is 6.01. The van der Waals surface area contributed by atoms with Gasteiger partial charge in [0, 0.05) is 6.04 Å². The highest BCUT2D eigenvalue weighted by atomic mass is 19.1. The minimum Gasteiger partial charge on any atom is -0.315 e. The SMILES string of the molecule is Cc1cc(CCCCCNC(C)C)ccc1F. The van der Waals surface area contributed by atoms with E-state index < -0.39 is 0 Å². The van der Waals surface area contributed by atoms with Crippen molar-refractivity contribution < 1.29 is 4.39 Å². The standard InChI is InChI=1S/C15H24FN/c1-12(2)17-10-6-4-5-7-14-8-9-15(16)13(3)11-14/h8-9,11-12,17H,4-7,10H2,1-3H3. The third kappa shape index (κ3) is 5.83. The van der Waals surface area contributed by atoms with Crippen molar-refractivity contribution >= 4 is 0 Å². The van der Waals surface area contributed by atoms with Crippen molar-refractivity contribution in [3.8, 4) is 0 Å². The van der Waals surface area contributed by atoms with Crippen LogP contribution in [0.15, 0.2) is 18.2 Å². The maximum Gasteiger partial charge on any atom is 0.126 e. The van der Waals surface area contributed by atoms with Gasteiger partial charge in [-0.05, 0) is 49.9 Å². The van der Waals surface area contributed by atoms with Gasteiger partial charge in [0.05, 0.1) is 0 Å². The van der Waals surface area contributed by atoms with Gasteiger partial charge >= 0.3 is 0 Å². The van der Waals surface area contributed by atoms with Crippen LogP contribution in [0.2, 0.25) is 0 Å². The Labute approximate surface area is 104 Å². The summed E-state index contributed by atoms with van der Waals surface area (Å²) in [5, 5.41) is 3.41. The molecule has 1 rings (SSSR count). The van der Waals surface area contributed by atoms with Gasteiger partial charge in [-0.25, -0.2) is 4.39 Å². The summed E-state index contributed by atoms with van der Waals surface area (Å²) in [5.74, 6) is -0.102. The van der Waals surface area contributed by atoms with Gasteiger partial charge in [0.15, 0.2) is 0 Å². The van der Waals surface area contributed by atoms with Gasteiger partial charge in [-0.15, -0.1) is 0 Å². The van der Waals surface area contributed by atoms with E-state index in [9.17, 15) is 4.39 Å². The molecule has 1 N–H and O–H groups in total. The Hall–Kier alpha value is -0.890. The van der Waals surface area contributed by atoms with E-state index in [4.69, 9.17) is 0 Å². The zero-order chi connectivity index (χ0) is 12.7. The minimum atomic E-state index is -0.102. The highest BCUT2D eigenvalue weighted by Gasteiger charge is 1.99. The molecule has 0 bridgehead atoms. The molecule has 0 aliphatic heterocycles. The lowest BCUT2D eigenvalue weighted by Crippen LogP contribution is -2.23. The first kappa shape index (κ1) is 14.2. The van der Waals surface area contributed by atoms with E-state index >= 15 is 0 Å². The van der Waals surface area contributed by atoms with Crippen LogP contribution >= 0.6 is 0 Å². The van der Waals surface area contributed by atoms with Gasteiger partial charge in [-0.3, -0.25) is 0 Å². The molecule has 1 nitrogen and oxygen atoms in total. The molecule has 0 atom stereocenters. The van der Waals surface area contributed by atoms with E-state index in [2.05, 4.69) is 19.2 Å². The number of nitrogens with one attached hydrogen (secondary N) is 1. The minimum absolute atomic E-state index is 0.102. The highest BCUT2D eigenvalue weighted by molar-refractivity contribution is 5.23. The average Bonchev–Trinajstić information content (AvgIpc) is 2.27. The number of rotatable bonds is 7. The molecular weight excluding hydrogens is 213 g/mol. The van der Waals surface area contributed by atoms with Crippen LogP contribution < -0.4 is 5.32 Å². The fraction of sp³-hybridized carbons (Fsp3) is 0.600. The molecule has 2 heteroatoms. The normalized spacial score (nSPS) is 11.1. The molecule has 0 fully saturated rings. The van der Waals surface area contributed by atoms with Crippen molar-refractivity contribution in [3.05, 3.63) is 35.1 Å². The summed E-state index contributed by atoms with van der Waals surface area (Å²) in [6.45, 7) is 7.26. The van der Waals surface area contributed by atoms with E-state index in [1.807, 2.05) is 19.1 Å². The Kier molecular flexibility index (Phi) is 6.20. The largest absolute Gasteiger partial charge is 0.315 e. The van der Waals surface area contributed by atoms with E-state index in [0.717, 1.165) is 18.5 Å². The summed E-state index contributed by atoms with van der Waals surface area (Å²) in [6.07, 6.45) is 4.70. The van der Waals surface area contributed by atoms with E-state index in [0.29, 0.717) is 6.04 Å². The Morgan fingerprint density at radius 1 is 1.18 bits per heavy atom. The summed E-state index contributed by atoms with van der Waals surface area (Å²) < 4.78 is 13.1. The number of halogens is 1. The summed E-state index contributed by atoms with van der Waals surface area (Å²) in [4.78, 5) is 0. The van der Waals surface area contributed by atoms with Crippen LogP contribution in [0.5, 0.6) is 0 Å². The fourth-order valence-electron chi connectivity index (χ4n) is 1.88. The third-order valence-electron chi connectivity index (χ3n) is 2.92. The van der Waals surface area contributed by atoms with Crippen molar-refractivity contribution in [3.63, 3.8) is 0 Å². The van der Waals surface area contributed by atoms with Gasteiger partial charge in [0.2, 0.25) is 0 Å². The van der Waals surface area contributed by atoms with Crippen LogP contribution in [0, 0.1) is 12.7 Å². The maximum absolute atomic E-state index is 13.1. The monoisotopic (exact) mass is 237 g/mol. The number of benzene rings is 1. The molecule has 1 aromatic rings. The topological polar surface area (TPSA) is 12.0 Å². The first-order chi connectivity index (χ1) is 8.09. The van der Waals surface area contributed by atoms with Crippen molar-refractivity contribution in [1.29, 1.82) is 0 Å². The fourth-order valence-corrected chi connectivity index (χ4v) is 1.88. The Morgan fingerprint density at radius 3 is 2.59 bits per heavy atom. The molecule has 0 saturated carbocycles. The molecule has 0 amide bonds. The van der Waals surface area contributed by atoms with Crippen LogP contribution in [0.4, 0.5) is 4.39 Å². The molecule has 17 heavy (non-hydrogen) atoms. The first-order valence-electron chi connectivity index (χ1n) is 6.58. The molecule has 0 aliphatic carbocycles. The van der Waals surface area contributed by atoms with Crippen LogP contribution in [-0.4, -0.2) is 12.6 Å². The molecule has 0 spiro atoms. The predicted octanol–water partition coefficient (Wildman–Crippen LogP) is 3.84. The molecule has 0 radical (unpaired) electrons. The van der Waals surface area contributed by atoms with Gasteiger partial charge in [0.1, 0.15) is 5.82 Å². The van der Waals surface area contributed by atoms with Crippen LogP contribution in [0.25, 0.3) is 0 Å². The zero-order valence-corrected chi connectivity index (χ0v) is 11.2. The Bertz CT molecular complexity index is 334. The lowest BCUT2D eigenvalue weighted by Gasteiger charge is -2.07. The molecular formula is C15H24FN. The summed E-state index contributed by atoms with van der Waals surface area (Å²) >= 11 is 0. The number of aryl methyl sites for hydroxylation is 2. The summed E-state index contributed by atoms with van der Waals surface area (Å²) in [5.41, 5.74) is 2.00. The second kappa shape index (κ2) is 7.44. The lowest BCUT2D eigenvalue weighted by atomic mass is 10.0. The molecule has 0 heterocycles. The first-order valence-corrected chi connectivity index (χ1v) is 6.58. The Morgan fingerprint density at radius 2 is 1.94 bits per heavy atom. The number of unbranched alkanes of at least 4 members (excludes halogenated alkanes) is 2. The molecule has 0 aliphatic rings. The number of hydrogen-bond acceptors (Lipinski definition) is 1. The molecule has 0 unspecified atom stereocenters. The second-order valence-electron chi connectivity index (χ2n) is 5.00. The molecule has 1 aromatic carbocycles. The van der Waals surface area contributed by atoms with Crippen LogP contribution in [-0.2, 0) is 6.42 Å². The van der Waals surface area contributed by atoms with Crippen molar-refractivity contribution in [2.24, 2.45) is 0 Å². The third-order valence-corrected chi connectivity index (χ3v) is 2.92. The lowest BCUT2D eigenvalue weighted by molar-refractivity contribution is 0.548. The maximum atomic E-state index is 13.1. The highest BCUT2D eigenvalue weighted by Crippen LogP contribution is 2.12. The zero-order valence-electron chi connectivity index (χ0n) is 11.2. The average molecular weight is 237 g/mol. The van der Waals surface area contributed by atoms with Crippen LogP contribution in [0.3, 0.4) is 0 Å². The van der Waals surface area contributed by atoms with E-state index in [1.54, 1.807) is 6.07 Å². The van der Waals surface area contributed by atoms with E-state index in [1.165, 1.54) is 24.8 Å². The van der Waals surface area contributed by atoms with Crippen LogP contribution in [0.1, 0.15) is 44.2 Å². The second-order valence-corrected chi connectivity index (χ2v) is 5.00. The summed E-state index contributed by atoms with van der Waals surface area (Å²) in [7, 11) is 0. The number of hydrogen-bond donors (Lipinski definition) is 1. The molecule has 96 valence electrons.